The van der Waals surface area contributed by atoms with E-state index < -0.39 is 0 Å². The maximum atomic E-state index is 12.0. The van der Waals surface area contributed by atoms with Gasteiger partial charge in [0.15, 0.2) is 5.78 Å². The maximum Gasteiger partial charge on any atom is 0.161 e. The number of Topliss-reactive ketones (excluding diaryl/α,β-unsaturated/α-hetero) is 1. The van der Waals surface area contributed by atoms with E-state index in [1.165, 1.54) is 19.3 Å². The molecule has 2 nitrogen and oxygen atoms in total. The lowest BCUT2D eigenvalue weighted by atomic mass is 9.92. The molecule has 1 aliphatic heterocycles. The molecule has 94 valence electrons. The Kier molecular flexibility index (Phi) is 6.04. The Balaban J connectivity index is 2.30. The zero-order valence-electron chi connectivity index (χ0n) is 11.0. The number of carbonyl (C=O) groups excluding carboxylic acids is 1. The molecule has 0 radical (unpaired) electrons. The van der Waals surface area contributed by atoms with Crippen LogP contribution in [-0.2, 0) is 9.53 Å². The van der Waals surface area contributed by atoms with Crippen molar-refractivity contribution in [1.29, 1.82) is 0 Å². The van der Waals surface area contributed by atoms with E-state index in [2.05, 4.69) is 20.8 Å². The van der Waals surface area contributed by atoms with Crippen molar-refractivity contribution in [3.05, 3.63) is 0 Å². The van der Waals surface area contributed by atoms with Crippen LogP contribution in [-0.4, -0.2) is 18.0 Å². The first kappa shape index (κ1) is 13.7. The van der Waals surface area contributed by atoms with Crippen LogP contribution in [0, 0.1) is 5.92 Å². The summed E-state index contributed by atoms with van der Waals surface area (Å²) in [4.78, 5) is 12.0. The lowest BCUT2D eigenvalue weighted by Crippen LogP contribution is -2.23. The Morgan fingerprint density at radius 1 is 1.38 bits per heavy atom. The van der Waals surface area contributed by atoms with Gasteiger partial charge in [-0.25, -0.2) is 0 Å². The highest BCUT2D eigenvalue weighted by atomic mass is 16.5. The summed E-state index contributed by atoms with van der Waals surface area (Å²) in [5.41, 5.74) is 0. The van der Waals surface area contributed by atoms with E-state index in [0.717, 1.165) is 25.7 Å². The summed E-state index contributed by atoms with van der Waals surface area (Å²) in [6, 6.07) is 0. The zero-order valence-corrected chi connectivity index (χ0v) is 11.0. The molecule has 3 unspecified atom stereocenters. The lowest BCUT2D eigenvalue weighted by molar-refractivity contribution is -0.130. The van der Waals surface area contributed by atoms with Gasteiger partial charge in [0, 0.05) is 6.42 Å². The Labute approximate surface area is 99.8 Å². The van der Waals surface area contributed by atoms with Crippen molar-refractivity contribution in [2.24, 2.45) is 5.92 Å². The van der Waals surface area contributed by atoms with Crippen LogP contribution in [0.2, 0.25) is 0 Å². The Bertz CT molecular complexity index is 213. The van der Waals surface area contributed by atoms with Gasteiger partial charge >= 0.3 is 0 Å². The van der Waals surface area contributed by atoms with Crippen molar-refractivity contribution in [3.63, 3.8) is 0 Å². The van der Waals surface area contributed by atoms with E-state index in [1.807, 2.05) is 0 Å². The molecule has 0 aromatic rings. The molecular formula is C14H26O2. The molecule has 3 atom stereocenters. The molecule has 0 aliphatic carbocycles. The molecule has 1 rings (SSSR count). The molecule has 1 saturated heterocycles. The molecule has 2 heteroatoms. The monoisotopic (exact) mass is 226 g/mol. The van der Waals surface area contributed by atoms with Crippen LogP contribution in [0.4, 0.5) is 0 Å². The number of carbonyl (C=O) groups is 1. The Morgan fingerprint density at radius 3 is 2.62 bits per heavy atom. The van der Waals surface area contributed by atoms with Gasteiger partial charge in [0.25, 0.3) is 0 Å². The summed E-state index contributed by atoms with van der Waals surface area (Å²) in [5, 5.41) is 0. The molecule has 0 aromatic heterocycles. The third-order valence-corrected chi connectivity index (χ3v) is 3.62. The number of rotatable bonds is 7. The number of ketones is 1. The molecular weight excluding hydrogens is 200 g/mol. The second-order valence-corrected chi connectivity index (χ2v) is 5.10. The van der Waals surface area contributed by atoms with Gasteiger partial charge in [0.05, 0.1) is 6.10 Å². The average Bonchev–Trinajstić information content (AvgIpc) is 2.70. The first-order chi connectivity index (χ1) is 7.67. The Hall–Kier alpha value is -0.370. The largest absolute Gasteiger partial charge is 0.368 e. The number of unbranched alkanes of at least 4 members (excludes halogenated alkanes) is 1. The van der Waals surface area contributed by atoms with E-state index in [0.29, 0.717) is 11.7 Å². The van der Waals surface area contributed by atoms with E-state index in [4.69, 9.17) is 4.74 Å². The number of hydrogen-bond acceptors (Lipinski definition) is 2. The fraction of sp³-hybridized carbons (Fsp3) is 0.929. The highest BCUT2D eigenvalue weighted by molar-refractivity contribution is 5.83. The normalized spacial score (nSPS) is 26.9. The van der Waals surface area contributed by atoms with Gasteiger partial charge in [-0.3, -0.25) is 4.79 Å². The van der Waals surface area contributed by atoms with Crippen molar-refractivity contribution in [2.75, 3.05) is 0 Å². The third-order valence-electron chi connectivity index (χ3n) is 3.62. The molecule has 0 N–H and O–H groups in total. The predicted molar refractivity (Wildman–Crippen MR) is 66.5 cm³/mol. The van der Waals surface area contributed by atoms with Gasteiger partial charge in [-0.15, -0.1) is 0 Å². The van der Waals surface area contributed by atoms with Gasteiger partial charge in [-0.05, 0) is 25.7 Å². The van der Waals surface area contributed by atoms with Crippen LogP contribution in [0.5, 0.6) is 0 Å². The summed E-state index contributed by atoms with van der Waals surface area (Å²) < 4.78 is 5.62. The average molecular weight is 226 g/mol. The fourth-order valence-electron chi connectivity index (χ4n) is 2.40. The minimum atomic E-state index is -0.0920. The minimum absolute atomic E-state index is 0.0920. The van der Waals surface area contributed by atoms with E-state index in [9.17, 15) is 4.79 Å². The fourth-order valence-corrected chi connectivity index (χ4v) is 2.40. The first-order valence-corrected chi connectivity index (χ1v) is 6.85. The summed E-state index contributed by atoms with van der Waals surface area (Å²) >= 11 is 0. The maximum absolute atomic E-state index is 12.0. The third kappa shape index (κ3) is 4.25. The summed E-state index contributed by atoms with van der Waals surface area (Å²) in [5.74, 6) is 0.916. The van der Waals surface area contributed by atoms with Crippen LogP contribution >= 0.6 is 0 Å². The highest BCUT2D eigenvalue weighted by Crippen LogP contribution is 2.24. The summed E-state index contributed by atoms with van der Waals surface area (Å²) in [6.07, 6.45) is 7.68. The van der Waals surface area contributed by atoms with Crippen molar-refractivity contribution in [3.8, 4) is 0 Å². The van der Waals surface area contributed by atoms with Crippen LogP contribution in [0.3, 0.4) is 0 Å². The summed E-state index contributed by atoms with van der Waals surface area (Å²) in [6.45, 7) is 6.45. The topological polar surface area (TPSA) is 26.3 Å². The zero-order chi connectivity index (χ0) is 12.0. The van der Waals surface area contributed by atoms with Gasteiger partial charge < -0.3 is 4.74 Å². The van der Waals surface area contributed by atoms with Gasteiger partial charge in [-0.1, -0.05) is 39.5 Å². The van der Waals surface area contributed by atoms with E-state index in [-0.39, 0.29) is 12.2 Å². The van der Waals surface area contributed by atoms with Gasteiger partial charge in [0.1, 0.15) is 6.10 Å². The first-order valence-electron chi connectivity index (χ1n) is 6.85. The van der Waals surface area contributed by atoms with Crippen molar-refractivity contribution in [1.82, 2.24) is 0 Å². The number of ether oxygens (including phenoxy) is 1. The SMILES string of the molecule is CCCCC(CC)CC(=O)C1CCC(C)O1. The molecule has 0 aromatic carbocycles. The van der Waals surface area contributed by atoms with Crippen LogP contribution in [0.1, 0.15) is 65.7 Å². The van der Waals surface area contributed by atoms with Crippen LogP contribution in [0.15, 0.2) is 0 Å². The minimum Gasteiger partial charge on any atom is -0.368 e. The van der Waals surface area contributed by atoms with E-state index in [1.54, 1.807) is 0 Å². The molecule has 1 fully saturated rings. The standard InChI is InChI=1S/C14H26O2/c1-4-6-7-12(5-2)10-13(15)14-9-8-11(3)16-14/h11-12,14H,4-10H2,1-3H3. The van der Waals surface area contributed by atoms with Gasteiger partial charge in [0.2, 0.25) is 0 Å². The summed E-state index contributed by atoms with van der Waals surface area (Å²) in [7, 11) is 0. The molecule has 0 amide bonds. The lowest BCUT2D eigenvalue weighted by Gasteiger charge is -2.16. The number of hydrogen-bond donors (Lipinski definition) is 0. The molecule has 0 saturated carbocycles. The smallest absolute Gasteiger partial charge is 0.161 e. The van der Waals surface area contributed by atoms with Crippen LogP contribution < -0.4 is 0 Å². The van der Waals surface area contributed by atoms with Crippen molar-refractivity contribution in [2.45, 2.75) is 77.9 Å². The highest BCUT2D eigenvalue weighted by Gasteiger charge is 2.28. The van der Waals surface area contributed by atoms with E-state index >= 15 is 0 Å². The van der Waals surface area contributed by atoms with Crippen molar-refractivity contribution < 1.29 is 9.53 Å². The van der Waals surface area contributed by atoms with Gasteiger partial charge in [-0.2, -0.15) is 0 Å². The second kappa shape index (κ2) is 7.05. The molecule has 0 bridgehead atoms. The quantitative estimate of drug-likeness (QED) is 0.661. The molecule has 1 heterocycles. The van der Waals surface area contributed by atoms with Crippen LogP contribution in [0.25, 0.3) is 0 Å². The predicted octanol–water partition coefficient (Wildman–Crippen LogP) is 3.73. The molecule has 16 heavy (non-hydrogen) atoms. The molecule has 0 spiro atoms. The molecule has 1 aliphatic rings. The Morgan fingerprint density at radius 2 is 2.12 bits per heavy atom. The second-order valence-electron chi connectivity index (χ2n) is 5.10. The van der Waals surface area contributed by atoms with Crippen molar-refractivity contribution >= 4 is 5.78 Å².